The molecule has 3 unspecified atom stereocenters. The smallest absolute Gasteiger partial charge is 0.0417 e. The van der Waals surface area contributed by atoms with Crippen LogP contribution in [0.2, 0.25) is 0 Å². The van der Waals surface area contributed by atoms with E-state index in [1.165, 1.54) is 30.5 Å². The lowest BCUT2D eigenvalue weighted by molar-refractivity contribution is 0.256. The number of fused-ring (bicyclic) bond motifs is 1. The van der Waals surface area contributed by atoms with E-state index in [0.717, 1.165) is 24.8 Å². The van der Waals surface area contributed by atoms with Gasteiger partial charge in [-0.15, -0.1) is 0 Å². The molecule has 0 aromatic heterocycles. The maximum atomic E-state index is 6.27. The Morgan fingerprint density at radius 3 is 2.47 bits per heavy atom. The van der Waals surface area contributed by atoms with Crippen LogP contribution in [0.3, 0.4) is 0 Å². The van der Waals surface area contributed by atoms with Crippen LogP contribution in [0.5, 0.6) is 0 Å². The third-order valence-electron chi connectivity index (χ3n) is 4.92. The molecule has 0 spiro atoms. The molecule has 2 nitrogen and oxygen atoms in total. The Morgan fingerprint density at radius 2 is 1.74 bits per heavy atom. The molecule has 2 N–H and O–H groups in total. The molecule has 2 aliphatic rings. The van der Waals surface area contributed by atoms with Gasteiger partial charge in [0.05, 0.1) is 0 Å². The Hall–Kier alpha value is -1.02. The number of benzene rings is 1. The fourth-order valence-corrected chi connectivity index (χ4v) is 4.15. The molecule has 1 aromatic rings. The minimum absolute atomic E-state index is 0.228. The van der Waals surface area contributed by atoms with E-state index >= 15 is 0 Å². The molecule has 0 saturated heterocycles. The molecule has 0 radical (unpaired) electrons. The molecule has 3 rings (SSSR count). The van der Waals surface area contributed by atoms with E-state index in [0.29, 0.717) is 6.04 Å². The highest BCUT2D eigenvalue weighted by molar-refractivity contribution is 5.57. The largest absolute Gasteiger partial charge is 0.368 e. The van der Waals surface area contributed by atoms with Crippen molar-refractivity contribution in [3.8, 4) is 0 Å². The Kier molecular flexibility index (Phi) is 3.53. The molecule has 1 aliphatic carbocycles. The van der Waals surface area contributed by atoms with Gasteiger partial charge >= 0.3 is 0 Å². The van der Waals surface area contributed by atoms with Crippen molar-refractivity contribution < 1.29 is 0 Å². The molecular weight excluding hydrogens is 232 g/mol. The summed E-state index contributed by atoms with van der Waals surface area (Å²) >= 11 is 0. The second-order valence-corrected chi connectivity index (χ2v) is 6.72. The lowest BCUT2D eigenvalue weighted by atomic mass is 9.79. The lowest BCUT2D eigenvalue weighted by Gasteiger charge is -2.44. The lowest BCUT2D eigenvalue weighted by Crippen LogP contribution is -2.44. The van der Waals surface area contributed by atoms with E-state index in [4.69, 9.17) is 5.73 Å². The number of hydrogen-bond donors (Lipinski definition) is 1. The molecular formula is C17H26N2. The van der Waals surface area contributed by atoms with Crippen molar-refractivity contribution in [2.24, 2.45) is 17.6 Å². The average Bonchev–Trinajstić information content (AvgIpc) is 2.38. The summed E-state index contributed by atoms with van der Waals surface area (Å²) in [6.07, 6.45) is 5.17. The first-order valence-corrected chi connectivity index (χ1v) is 7.76. The second-order valence-electron chi connectivity index (χ2n) is 6.72. The molecule has 19 heavy (non-hydrogen) atoms. The van der Waals surface area contributed by atoms with Crippen LogP contribution in [-0.4, -0.2) is 12.6 Å². The molecule has 0 bridgehead atoms. The van der Waals surface area contributed by atoms with Crippen LogP contribution in [0.1, 0.15) is 51.1 Å². The normalized spacial score (nSPS) is 35.0. The topological polar surface area (TPSA) is 29.3 Å². The molecule has 3 atom stereocenters. The Bertz CT molecular complexity index is 433. The van der Waals surface area contributed by atoms with E-state index in [1.807, 2.05) is 0 Å². The van der Waals surface area contributed by atoms with Crippen molar-refractivity contribution in [1.82, 2.24) is 0 Å². The predicted octanol–water partition coefficient (Wildman–Crippen LogP) is 3.72. The van der Waals surface area contributed by atoms with Crippen LogP contribution in [0, 0.1) is 11.8 Å². The van der Waals surface area contributed by atoms with Crippen molar-refractivity contribution in [3.63, 3.8) is 0 Å². The van der Waals surface area contributed by atoms with Crippen LogP contribution in [0.15, 0.2) is 24.3 Å². The van der Waals surface area contributed by atoms with Gasteiger partial charge in [0.2, 0.25) is 0 Å². The summed E-state index contributed by atoms with van der Waals surface area (Å²) in [6, 6.07) is 9.69. The van der Waals surface area contributed by atoms with Gasteiger partial charge in [0.25, 0.3) is 0 Å². The first-order valence-electron chi connectivity index (χ1n) is 7.76. The fourth-order valence-electron chi connectivity index (χ4n) is 4.15. The highest BCUT2D eigenvalue weighted by atomic mass is 15.2. The standard InChI is InChI=1S/C17H26N2/c1-12-9-13(2)11-14(10-12)19-8-7-16(18)15-5-3-4-6-17(15)19/h3-6,12-14,16H,7-11,18H2,1-2H3. The quantitative estimate of drug-likeness (QED) is 0.832. The average molecular weight is 258 g/mol. The summed E-state index contributed by atoms with van der Waals surface area (Å²) < 4.78 is 0. The molecule has 0 amide bonds. The van der Waals surface area contributed by atoms with Crippen LogP contribution in [-0.2, 0) is 0 Å². The summed E-state index contributed by atoms with van der Waals surface area (Å²) in [5, 5.41) is 0. The van der Waals surface area contributed by atoms with Crippen LogP contribution in [0.25, 0.3) is 0 Å². The van der Waals surface area contributed by atoms with Gasteiger partial charge in [-0.1, -0.05) is 32.0 Å². The van der Waals surface area contributed by atoms with Gasteiger partial charge in [0.15, 0.2) is 0 Å². The molecule has 2 heteroatoms. The number of hydrogen-bond acceptors (Lipinski definition) is 2. The fraction of sp³-hybridized carbons (Fsp3) is 0.647. The van der Waals surface area contributed by atoms with Crippen molar-refractivity contribution in [3.05, 3.63) is 29.8 Å². The number of nitrogens with zero attached hydrogens (tertiary/aromatic N) is 1. The molecule has 1 fully saturated rings. The highest BCUT2D eigenvalue weighted by Gasteiger charge is 2.32. The number of nitrogens with two attached hydrogens (primary N) is 1. The SMILES string of the molecule is CC1CC(C)CC(N2CCC(N)c3ccccc32)C1. The van der Waals surface area contributed by atoms with E-state index in [-0.39, 0.29) is 6.04 Å². The van der Waals surface area contributed by atoms with Crippen LogP contribution >= 0.6 is 0 Å². The highest BCUT2D eigenvalue weighted by Crippen LogP contribution is 2.39. The van der Waals surface area contributed by atoms with Gasteiger partial charge in [0.1, 0.15) is 0 Å². The third kappa shape index (κ3) is 2.51. The third-order valence-corrected chi connectivity index (χ3v) is 4.92. The first kappa shape index (κ1) is 13.0. The molecule has 1 heterocycles. The van der Waals surface area contributed by atoms with Gasteiger partial charge in [-0.3, -0.25) is 0 Å². The van der Waals surface area contributed by atoms with E-state index in [9.17, 15) is 0 Å². The van der Waals surface area contributed by atoms with Crippen molar-refractivity contribution in [2.75, 3.05) is 11.4 Å². The second kappa shape index (κ2) is 5.16. The summed E-state index contributed by atoms with van der Waals surface area (Å²) in [7, 11) is 0. The van der Waals surface area contributed by atoms with Crippen molar-refractivity contribution in [1.29, 1.82) is 0 Å². The Morgan fingerprint density at radius 1 is 1.05 bits per heavy atom. The van der Waals surface area contributed by atoms with Gasteiger partial charge in [0, 0.05) is 24.3 Å². The zero-order chi connectivity index (χ0) is 13.4. The number of para-hydroxylation sites is 1. The van der Waals surface area contributed by atoms with Crippen molar-refractivity contribution in [2.45, 2.75) is 51.6 Å². The van der Waals surface area contributed by atoms with E-state index < -0.39 is 0 Å². The van der Waals surface area contributed by atoms with Gasteiger partial charge < -0.3 is 10.6 Å². The van der Waals surface area contributed by atoms with E-state index in [2.05, 4.69) is 43.0 Å². The predicted molar refractivity (Wildman–Crippen MR) is 81.3 cm³/mol. The monoisotopic (exact) mass is 258 g/mol. The number of rotatable bonds is 1. The van der Waals surface area contributed by atoms with Gasteiger partial charge in [-0.05, 0) is 49.1 Å². The molecule has 104 valence electrons. The van der Waals surface area contributed by atoms with Crippen molar-refractivity contribution >= 4 is 5.69 Å². The summed E-state index contributed by atoms with van der Waals surface area (Å²) in [5.74, 6) is 1.72. The zero-order valence-electron chi connectivity index (χ0n) is 12.2. The molecule has 1 saturated carbocycles. The minimum Gasteiger partial charge on any atom is -0.368 e. The van der Waals surface area contributed by atoms with Crippen LogP contribution in [0.4, 0.5) is 5.69 Å². The first-order chi connectivity index (χ1) is 9.15. The minimum atomic E-state index is 0.228. The van der Waals surface area contributed by atoms with E-state index in [1.54, 1.807) is 0 Å². The van der Waals surface area contributed by atoms with Gasteiger partial charge in [-0.25, -0.2) is 0 Å². The molecule has 1 aliphatic heterocycles. The zero-order valence-corrected chi connectivity index (χ0v) is 12.2. The van der Waals surface area contributed by atoms with Gasteiger partial charge in [-0.2, -0.15) is 0 Å². The summed E-state index contributed by atoms with van der Waals surface area (Å²) in [6.45, 7) is 5.94. The summed E-state index contributed by atoms with van der Waals surface area (Å²) in [5.41, 5.74) is 9.01. The molecule has 1 aromatic carbocycles. The Labute approximate surface area is 117 Å². The maximum absolute atomic E-state index is 6.27. The summed E-state index contributed by atoms with van der Waals surface area (Å²) in [4.78, 5) is 2.64. The van der Waals surface area contributed by atoms with Crippen LogP contribution < -0.4 is 10.6 Å². The number of anilines is 1. The Balaban J connectivity index is 1.88. The maximum Gasteiger partial charge on any atom is 0.0417 e.